The fraction of sp³-hybridized carbons (Fsp3) is 0.261. The van der Waals surface area contributed by atoms with Gasteiger partial charge in [0.15, 0.2) is 0 Å². The Labute approximate surface area is 163 Å². The van der Waals surface area contributed by atoms with Gasteiger partial charge in [0.25, 0.3) is 0 Å². The number of nitrogens with one attached hydrogen (secondary N) is 1. The third-order valence-corrected chi connectivity index (χ3v) is 4.46. The van der Waals surface area contributed by atoms with Gasteiger partial charge >= 0.3 is 0 Å². The Morgan fingerprint density at radius 1 is 0.885 bits per heavy atom. The molecule has 0 aliphatic rings. The number of nitrogens with zero attached hydrogens (tertiary/aromatic N) is 1. The lowest BCUT2D eigenvalue weighted by atomic mass is 10.0. The molecule has 0 fully saturated rings. The second-order valence-corrected chi connectivity index (χ2v) is 6.40. The zero-order valence-electron chi connectivity index (χ0n) is 15.7. The van der Waals surface area contributed by atoms with Crippen LogP contribution in [-0.4, -0.2) is 11.5 Å². The maximum atomic E-state index is 4.59. The number of benzene rings is 2. The Hall–Kier alpha value is -2.10. The van der Waals surface area contributed by atoms with Crippen molar-refractivity contribution in [1.29, 1.82) is 0 Å². The maximum absolute atomic E-state index is 4.59. The van der Waals surface area contributed by atoms with Crippen LogP contribution in [0.1, 0.15) is 36.1 Å². The molecule has 1 N–H and O–H groups in total. The van der Waals surface area contributed by atoms with Gasteiger partial charge in [0.05, 0.1) is 0 Å². The zero-order valence-corrected chi connectivity index (χ0v) is 16.5. The minimum Gasteiger partial charge on any atom is -0.312 e. The third-order valence-electron chi connectivity index (χ3n) is 4.02. The molecule has 0 bridgehead atoms. The molecule has 0 amide bonds. The lowest BCUT2D eigenvalue weighted by molar-refractivity contribution is 0.680. The van der Waals surface area contributed by atoms with Crippen LogP contribution in [0.25, 0.3) is 0 Å². The lowest BCUT2D eigenvalue weighted by Gasteiger charge is -2.10. The average molecular weight is 365 g/mol. The topological polar surface area (TPSA) is 24.9 Å². The summed E-state index contributed by atoms with van der Waals surface area (Å²) in [5.74, 6) is 0. The van der Waals surface area contributed by atoms with Gasteiger partial charge in [0.2, 0.25) is 0 Å². The van der Waals surface area contributed by atoms with E-state index in [1.807, 2.05) is 32.3 Å². The van der Waals surface area contributed by atoms with Gasteiger partial charge < -0.3 is 5.32 Å². The summed E-state index contributed by atoms with van der Waals surface area (Å²) in [6.45, 7) is 5.80. The summed E-state index contributed by atoms with van der Waals surface area (Å²) >= 11 is 4.59. The van der Waals surface area contributed by atoms with E-state index in [4.69, 9.17) is 0 Å². The number of thiol groups is 1. The van der Waals surface area contributed by atoms with Gasteiger partial charge in [0.1, 0.15) is 0 Å². The Morgan fingerprint density at radius 2 is 1.65 bits per heavy atom. The fourth-order valence-corrected chi connectivity index (χ4v) is 2.95. The van der Waals surface area contributed by atoms with E-state index in [2.05, 4.69) is 77.5 Å². The third kappa shape index (κ3) is 6.66. The molecule has 1 aromatic heterocycles. The van der Waals surface area contributed by atoms with Crippen molar-refractivity contribution in [2.75, 3.05) is 6.54 Å². The van der Waals surface area contributed by atoms with Gasteiger partial charge in [-0.15, -0.1) is 12.6 Å². The van der Waals surface area contributed by atoms with E-state index < -0.39 is 0 Å². The molecule has 1 heterocycles. The molecule has 0 spiro atoms. The van der Waals surface area contributed by atoms with Crippen molar-refractivity contribution in [1.82, 2.24) is 10.3 Å². The first-order valence-electron chi connectivity index (χ1n) is 9.25. The summed E-state index contributed by atoms with van der Waals surface area (Å²) in [6.07, 6.45) is 5.67. The van der Waals surface area contributed by atoms with Gasteiger partial charge in [-0.25, -0.2) is 0 Å². The highest BCUT2D eigenvalue weighted by atomic mass is 32.1. The Kier molecular flexibility index (Phi) is 8.94. The number of pyridine rings is 1. The number of rotatable bonds is 7. The molecule has 0 unspecified atom stereocenters. The normalized spacial score (nSPS) is 10.1. The maximum Gasteiger partial charge on any atom is 0.0303 e. The molecular weight excluding hydrogens is 336 g/mol. The van der Waals surface area contributed by atoms with Crippen LogP contribution in [0, 0.1) is 0 Å². The summed E-state index contributed by atoms with van der Waals surface area (Å²) in [4.78, 5) is 5.22. The van der Waals surface area contributed by atoms with Crippen LogP contribution in [0.2, 0.25) is 0 Å². The molecule has 2 nitrogen and oxygen atoms in total. The van der Waals surface area contributed by atoms with E-state index >= 15 is 0 Å². The summed E-state index contributed by atoms with van der Waals surface area (Å²) in [7, 11) is 0. The quantitative estimate of drug-likeness (QED) is 0.438. The van der Waals surface area contributed by atoms with Crippen LogP contribution < -0.4 is 5.32 Å². The fourth-order valence-electron chi connectivity index (χ4n) is 2.73. The van der Waals surface area contributed by atoms with Crippen molar-refractivity contribution in [2.24, 2.45) is 0 Å². The van der Waals surface area contributed by atoms with Crippen LogP contribution in [0.15, 0.2) is 78.0 Å². The molecule has 0 aliphatic heterocycles. The molecule has 2 aromatic carbocycles. The zero-order chi connectivity index (χ0) is 18.6. The molecule has 3 aromatic rings. The molecule has 136 valence electrons. The number of hydrogen-bond acceptors (Lipinski definition) is 3. The van der Waals surface area contributed by atoms with Crippen LogP contribution in [-0.2, 0) is 19.4 Å². The van der Waals surface area contributed by atoms with E-state index in [1.165, 1.54) is 22.3 Å². The molecule has 3 rings (SSSR count). The van der Waals surface area contributed by atoms with Crippen molar-refractivity contribution in [3.8, 4) is 0 Å². The van der Waals surface area contributed by atoms with E-state index in [-0.39, 0.29) is 0 Å². The second-order valence-electron chi connectivity index (χ2n) is 5.91. The van der Waals surface area contributed by atoms with Crippen molar-refractivity contribution in [2.45, 2.75) is 38.1 Å². The SMILES string of the molecule is CC.Sc1ccc(Cc2cccnc2)cc1CNCCc1ccccc1. The van der Waals surface area contributed by atoms with Crippen LogP contribution >= 0.6 is 12.6 Å². The van der Waals surface area contributed by atoms with Gasteiger partial charge in [0, 0.05) is 23.8 Å². The monoisotopic (exact) mass is 364 g/mol. The summed E-state index contributed by atoms with van der Waals surface area (Å²) < 4.78 is 0. The average Bonchev–Trinajstić information content (AvgIpc) is 2.71. The predicted octanol–water partition coefficient (Wildman–Crippen LogP) is 5.32. The standard InChI is InChI=1S/C21H22N2S.C2H6/c24-21-9-8-18(13-19-7-4-11-22-15-19)14-20(21)16-23-12-10-17-5-2-1-3-6-17;1-2/h1-9,11,14-15,23-24H,10,12-13,16H2;1-2H3. The van der Waals surface area contributed by atoms with Crippen molar-refractivity contribution < 1.29 is 0 Å². The molecular formula is C23H28N2S. The summed E-state index contributed by atoms with van der Waals surface area (Å²) in [6, 6.07) is 21.1. The smallest absolute Gasteiger partial charge is 0.0303 e. The van der Waals surface area contributed by atoms with Gasteiger partial charge in [-0.2, -0.15) is 0 Å². The highest BCUT2D eigenvalue weighted by Gasteiger charge is 2.03. The first kappa shape index (κ1) is 20.2. The van der Waals surface area contributed by atoms with Crippen LogP contribution in [0.4, 0.5) is 0 Å². The second kappa shape index (κ2) is 11.5. The van der Waals surface area contributed by atoms with E-state index in [0.29, 0.717) is 0 Å². The molecule has 0 atom stereocenters. The number of aromatic nitrogens is 1. The summed E-state index contributed by atoms with van der Waals surface area (Å²) in [5, 5.41) is 3.52. The van der Waals surface area contributed by atoms with E-state index in [9.17, 15) is 0 Å². The van der Waals surface area contributed by atoms with E-state index in [0.717, 1.165) is 30.8 Å². The van der Waals surface area contributed by atoms with Crippen LogP contribution in [0.3, 0.4) is 0 Å². The number of hydrogen-bond donors (Lipinski definition) is 2. The Balaban J connectivity index is 0.00000117. The van der Waals surface area contributed by atoms with Crippen molar-refractivity contribution >= 4 is 12.6 Å². The van der Waals surface area contributed by atoms with Crippen molar-refractivity contribution in [3.05, 3.63) is 95.3 Å². The molecule has 0 saturated carbocycles. The van der Waals surface area contributed by atoms with E-state index in [1.54, 1.807) is 0 Å². The Bertz CT molecular complexity index is 758. The molecule has 26 heavy (non-hydrogen) atoms. The highest BCUT2D eigenvalue weighted by Crippen LogP contribution is 2.18. The minimum absolute atomic E-state index is 0.840. The molecule has 0 saturated heterocycles. The highest BCUT2D eigenvalue weighted by molar-refractivity contribution is 7.80. The Morgan fingerprint density at radius 3 is 2.38 bits per heavy atom. The first-order valence-corrected chi connectivity index (χ1v) is 9.70. The summed E-state index contributed by atoms with van der Waals surface area (Å²) in [5.41, 5.74) is 5.13. The van der Waals surface area contributed by atoms with Crippen LogP contribution in [0.5, 0.6) is 0 Å². The van der Waals surface area contributed by atoms with Gasteiger partial charge in [-0.1, -0.05) is 62.4 Å². The minimum atomic E-state index is 0.840. The first-order chi connectivity index (χ1) is 12.8. The van der Waals surface area contributed by atoms with Crippen molar-refractivity contribution in [3.63, 3.8) is 0 Å². The predicted molar refractivity (Wildman–Crippen MR) is 114 cm³/mol. The van der Waals surface area contributed by atoms with Gasteiger partial charge in [-0.3, -0.25) is 4.98 Å². The molecule has 3 heteroatoms. The molecule has 0 aliphatic carbocycles. The molecule has 0 radical (unpaired) electrons. The van der Waals surface area contributed by atoms with Gasteiger partial charge in [-0.05, 0) is 53.8 Å². The largest absolute Gasteiger partial charge is 0.312 e. The lowest BCUT2D eigenvalue weighted by Crippen LogP contribution is -2.17.